The Labute approximate surface area is 101 Å². The van der Waals surface area contributed by atoms with Gasteiger partial charge in [-0.2, -0.15) is 26.3 Å². The van der Waals surface area contributed by atoms with Crippen LogP contribution in [0.2, 0.25) is 6.04 Å². The molecule has 0 rings (SSSR count). The van der Waals surface area contributed by atoms with E-state index in [9.17, 15) is 30.7 Å². The molecule has 16 heavy (non-hydrogen) atoms. The predicted molar refractivity (Wildman–Crippen MR) is 48.7 cm³/mol. The maximum Gasteiger partial charge on any atom is 0.431 e. The van der Waals surface area contributed by atoms with Crippen molar-refractivity contribution in [3.05, 3.63) is 0 Å². The van der Waals surface area contributed by atoms with E-state index in [1.807, 2.05) is 0 Å². The molecule has 0 aliphatic rings. The molecular weight excluding hydrogens is 327 g/mol. The van der Waals surface area contributed by atoms with Gasteiger partial charge in [-0.25, -0.2) is 4.39 Å². The van der Waals surface area contributed by atoms with Crippen molar-refractivity contribution in [3.63, 3.8) is 0 Å². The second-order valence-electron chi connectivity index (χ2n) is 2.91. The van der Waals surface area contributed by atoms with Crippen LogP contribution in [-0.2, 0) is 0 Å². The third kappa shape index (κ3) is 4.12. The van der Waals surface area contributed by atoms with Gasteiger partial charge in [-0.3, -0.25) is 0 Å². The molecule has 0 bridgehead atoms. The first-order chi connectivity index (χ1) is 6.71. The number of hydrogen-bond donors (Lipinski definition) is 0. The van der Waals surface area contributed by atoms with Crippen LogP contribution in [-0.4, -0.2) is 24.0 Å². The molecule has 0 spiro atoms. The minimum absolute atomic E-state index is 1.08. The fourth-order valence-electron chi connectivity index (χ4n) is 0.758. The summed E-state index contributed by atoms with van der Waals surface area (Å²) in [6.07, 6.45) is -14.1. The van der Waals surface area contributed by atoms with Crippen molar-refractivity contribution in [2.24, 2.45) is 0 Å². The Morgan fingerprint density at radius 3 is 1.25 bits per heavy atom. The second-order valence-corrected chi connectivity index (χ2v) is 12.2. The summed E-state index contributed by atoms with van der Waals surface area (Å²) in [5, 5.41) is 0. The van der Waals surface area contributed by atoms with Crippen molar-refractivity contribution in [2.75, 3.05) is 0 Å². The zero-order chi connectivity index (χ0) is 13.4. The molecule has 0 atom stereocenters. The van der Waals surface area contributed by atoms with Gasteiger partial charge in [0.2, 0.25) is 0 Å². The van der Waals surface area contributed by atoms with Gasteiger partial charge in [0.15, 0.2) is 0 Å². The van der Waals surface area contributed by atoms with Crippen molar-refractivity contribution >= 4 is 39.2 Å². The van der Waals surface area contributed by atoms with Crippen molar-refractivity contribution in [2.45, 2.75) is 30.5 Å². The van der Waals surface area contributed by atoms with Gasteiger partial charge >= 0.3 is 18.4 Å². The highest BCUT2D eigenvalue weighted by Gasteiger charge is 2.72. The fraction of sp³-hybridized carbons (Fsp3) is 1.00. The van der Waals surface area contributed by atoms with Crippen LogP contribution < -0.4 is 0 Å². The molecule has 0 radical (unpaired) electrons. The first-order valence-corrected chi connectivity index (χ1v) is 8.84. The molecule has 0 nitrogen and oxygen atoms in total. The summed E-state index contributed by atoms with van der Waals surface area (Å²) in [5.41, 5.74) is -5.34. The predicted octanol–water partition coefficient (Wildman–Crippen LogP) is 4.86. The van der Waals surface area contributed by atoms with E-state index in [2.05, 4.69) is 0 Å². The van der Waals surface area contributed by atoms with Gasteiger partial charge in [-0.1, -0.05) is 0 Å². The van der Waals surface area contributed by atoms with Crippen LogP contribution >= 0.6 is 33.2 Å². The van der Waals surface area contributed by atoms with Gasteiger partial charge in [0.25, 0.3) is 5.67 Å². The molecular formula is C5H4Cl3F7Si. The summed E-state index contributed by atoms with van der Waals surface area (Å²) in [7, 11) is 0. The molecule has 0 amide bonds. The van der Waals surface area contributed by atoms with Crippen LogP contribution in [0.15, 0.2) is 0 Å². The molecule has 0 fully saturated rings. The monoisotopic (exact) mass is 330 g/mol. The lowest BCUT2D eigenvalue weighted by Crippen LogP contribution is -2.53. The number of halogens is 10. The first kappa shape index (κ1) is 16.6. The van der Waals surface area contributed by atoms with E-state index >= 15 is 0 Å². The lowest BCUT2D eigenvalue weighted by Gasteiger charge is -2.30. The van der Waals surface area contributed by atoms with E-state index in [-0.39, 0.29) is 0 Å². The lowest BCUT2D eigenvalue weighted by molar-refractivity contribution is -0.342. The highest BCUT2D eigenvalue weighted by molar-refractivity contribution is 7.64. The van der Waals surface area contributed by atoms with E-state index < -0.39 is 36.5 Å². The quantitative estimate of drug-likeness (QED) is 0.393. The van der Waals surface area contributed by atoms with Gasteiger partial charge in [0, 0.05) is 6.42 Å². The SMILES string of the molecule is FC(F)(F)C(F)(CC[Si](Cl)(Cl)Cl)C(F)(F)F. The molecule has 0 aromatic carbocycles. The Bertz CT molecular complexity index is 228. The molecule has 0 aromatic heterocycles. The van der Waals surface area contributed by atoms with E-state index in [0.29, 0.717) is 0 Å². The Morgan fingerprint density at radius 1 is 0.750 bits per heavy atom. The second kappa shape index (κ2) is 4.70. The van der Waals surface area contributed by atoms with E-state index in [1.54, 1.807) is 0 Å². The first-order valence-electron chi connectivity index (χ1n) is 3.60. The van der Waals surface area contributed by atoms with Crippen LogP contribution in [0.5, 0.6) is 0 Å². The summed E-state index contributed by atoms with van der Waals surface area (Å²) in [5.74, 6) is 0. The molecule has 0 heterocycles. The Balaban J connectivity index is 5.00. The van der Waals surface area contributed by atoms with E-state index in [0.717, 1.165) is 0 Å². The van der Waals surface area contributed by atoms with Crippen LogP contribution in [0.25, 0.3) is 0 Å². The third-order valence-electron chi connectivity index (χ3n) is 1.65. The van der Waals surface area contributed by atoms with Crippen LogP contribution in [0, 0.1) is 0 Å². The zero-order valence-electron chi connectivity index (χ0n) is 7.19. The largest absolute Gasteiger partial charge is 0.431 e. The zero-order valence-corrected chi connectivity index (χ0v) is 10.5. The van der Waals surface area contributed by atoms with Gasteiger partial charge in [0.05, 0.1) is 0 Å². The number of alkyl halides is 7. The van der Waals surface area contributed by atoms with Crippen LogP contribution in [0.4, 0.5) is 30.7 Å². The Morgan fingerprint density at radius 2 is 1.06 bits per heavy atom. The maximum absolute atomic E-state index is 12.9. The van der Waals surface area contributed by atoms with Crippen molar-refractivity contribution in [1.82, 2.24) is 0 Å². The van der Waals surface area contributed by atoms with Crippen molar-refractivity contribution in [1.29, 1.82) is 0 Å². The summed E-state index contributed by atoms with van der Waals surface area (Å²) in [4.78, 5) is 0. The molecule has 0 aromatic rings. The van der Waals surface area contributed by atoms with Crippen molar-refractivity contribution in [3.8, 4) is 0 Å². The standard InChI is InChI=1S/C5H4Cl3F7Si/c6-16(7,8)2-1-3(9,4(10,11)12)5(13,14)15/h1-2H2. The maximum atomic E-state index is 12.9. The summed E-state index contributed by atoms with van der Waals surface area (Å²) in [6.45, 7) is 0. The smallest absolute Gasteiger partial charge is 0.224 e. The molecule has 0 unspecified atom stereocenters. The highest BCUT2D eigenvalue weighted by atomic mass is 35.8. The molecule has 0 N–H and O–H groups in total. The van der Waals surface area contributed by atoms with Gasteiger partial charge in [-0.05, 0) is 6.04 Å². The average Bonchev–Trinajstić information content (AvgIpc) is 1.93. The average molecular weight is 332 g/mol. The summed E-state index contributed by atoms with van der Waals surface area (Å²) < 4.78 is 84.7. The molecule has 0 saturated heterocycles. The molecule has 0 aliphatic carbocycles. The minimum Gasteiger partial charge on any atom is -0.224 e. The van der Waals surface area contributed by atoms with Gasteiger partial charge < -0.3 is 0 Å². The normalized spacial score (nSPS) is 15.4. The Kier molecular flexibility index (Phi) is 4.87. The third-order valence-corrected chi connectivity index (χ3v) is 4.17. The van der Waals surface area contributed by atoms with Gasteiger partial charge in [-0.15, -0.1) is 33.2 Å². The fourth-order valence-corrected chi connectivity index (χ4v) is 2.24. The lowest BCUT2D eigenvalue weighted by atomic mass is 10.0. The Hall–Kier alpha value is 0.597. The molecule has 0 saturated carbocycles. The van der Waals surface area contributed by atoms with E-state index in [4.69, 9.17) is 33.2 Å². The topological polar surface area (TPSA) is 0 Å². The summed E-state index contributed by atoms with van der Waals surface area (Å²) >= 11 is 15.3. The molecule has 0 aliphatic heterocycles. The van der Waals surface area contributed by atoms with Crippen LogP contribution in [0.3, 0.4) is 0 Å². The highest BCUT2D eigenvalue weighted by Crippen LogP contribution is 2.50. The van der Waals surface area contributed by atoms with Crippen LogP contribution in [0.1, 0.15) is 6.42 Å². The van der Waals surface area contributed by atoms with E-state index in [1.165, 1.54) is 0 Å². The number of rotatable bonds is 3. The van der Waals surface area contributed by atoms with Crippen molar-refractivity contribution < 1.29 is 30.7 Å². The van der Waals surface area contributed by atoms with Gasteiger partial charge in [0.1, 0.15) is 0 Å². The molecule has 11 heteroatoms. The molecule has 98 valence electrons. The minimum atomic E-state index is -6.09. The number of hydrogen-bond acceptors (Lipinski definition) is 0. The summed E-state index contributed by atoms with van der Waals surface area (Å²) in [6, 6.07) is -4.82.